The SMILES string of the molecule is COC(=O)CCN1CC(C(=O)O)CC1=O. The summed E-state index contributed by atoms with van der Waals surface area (Å²) in [5, 5.41) is 8.70. The van der Waals surface area contributed by atoms with Crippen LogP contribution < -0.4 is 0 Å². The first-order valence-electron chi connectivity index (χ1n) is 4.62. The van der Waals surface area contributed by atoms with Crippen molar-refractivity contribution in [2.75, 3.05) is 20.2 Å². The van der Waals surface area contributed by atoms with Crippen molar-refractivity contribution in [3.05, 3.63) is 0 Å². The number of carboxylic acid groups (broad SMARTS) is 1. The van der Waals surface area contributed by atoms with E-state index in [9.17, 15) is 14.4 Å². The molecule has 6 nitrogen and oxygen atoms in total. The number of carboxylic acids is 1. The van der Waals surface area contributed by atoms with E-state index in [1.54, 1.807) is 0 Å². The molecule has 1 aliphatic heterocycles. The Kier molecular flexibility index (Phi) is 3.65. The monoisotopic (exact) mass is 215 g/mol. The number of carbonyl (C=O) groups is 3. The molecule has 0 saturated carbocycles. The highest BCUT2D eigenvalue weighted by Crippen LogP contribution is 2.17. The molecular weight excluding hydrogens is 202 g/mol. The first kappa shape index (κ1) is 11.5. The molecule has 84 valence electrons. The van der Waals surface area contributed by atoms with Gasteiger partial charge in [-0.05, 0) is 0 Å². The maximum Gasteiger partial charge on any atom is 0.308 e. The quantitative estimate of drug-likeness (QED) is 0.638. The van der Waals surface area contributed by atoms with E-state index in [1.807, 2.05) is 0 Å². The molecule has 1 heterocycles. The first-order valence-corrected chi connectivity index (χ1v) is 4.62. The molecule has 6 heteroatoms. The molecule has 15 heavy (non-hydrogen) atoms. The molecule has 0 aromatic heterocycles. The number of carbonyl (C=O) groups excluding carboxylic acids is 2. The second-order valence-corrected chi connectivity index (χ2v) is 3.41. The van der Waals surface area contributed by atoms with Crippen LogP contribution in [0.4, 0.5) is 0 Å². The zero-order chi connectivity index (χ0) is 11.4. The number of esters is 1. The Morgan fingerprint density at radius 1 is 1.60 bits per heavy atom. The Hall–Kier alpha value is -1.59. The lowest BCUT2D eigenvalue weighted by Gasteiger charge is -2.14. The number of hydrogen-bond donors (Lipinski definition) is 1. The van der Waals surface area contributed by atoms with Crippen LogP contribution in [0.5, 0.6) is 0 Å². The molecule has 1 atom stereocenters. The maximum atomic E-state index is 11.3. The van der Waals surface area contributed by atoms with Crippen molar-refractivity contribution in [1.82, 2.24) is 4.90 Å². The lowest BCUT2D eigenvalue weighted by molar-refractivity contribution is -0.142. The highest BCUT2D eigenvalue weighted by atomic mass is 16.5. The van der Waals surface area contributed by atoms with Gasteiger partial charge in [-0.2, -0.15) is 0 Å². The average Bonchev–Trinajstić information content (AvgIpc) is 2.56. The largest absolute Gasteiger partial charge is 0.481 e. The van der Waals surface area contributed by atoms with E-state index in [-0.39, 0.29) is 31.8 Å². The molecule has 0 aromatic rings. The van der Waals surface area contributed by atoms with Crippen LogP contribution in [-0.2, 0) is 19.1 Å². The second kappa shape index (κ2) is 4.77. The summed E-state index contributed by atoms with van der Waals surface area (Å²) >= 11 is 0. The Labute approximate surface area is 86.8 Å². The summed E-state index contributed by atoms with van der Waals surface area (Å²) in [5.41, 5.74) is 0. The van der Waals surface area contributed by atoms with Gasteiger partial charge in [-0.25, -0.2) is 0 Å². The van der Waals surface area contributed by atoms with Crippen LogP contribution in [0.2, 0.25) is 0 Å². The Morgan fingerprint density at radius 2 is 2.27 bits per heavy atom. The molecule has 0 radical (unpaired) electrons. The number of methoxy groups -OCH3 is 1. The smallest absolute Gasteiger partial charge is 0.308 e. The van der Waals surface area contributed by atoms with E-state index in [0.29, 0.717) is 0 Å². The zero-order valence-corrected chi connectivity index (χ0v) is 8.43. The minimum Gasteiger partial charge on any atom is -0.481 e. The first-order chi connectivity index (χ1) is 7.04. The predicted molar refractivity (Wildman–Crippen MR) is 49.0 cm³/mol. The van der Waals surface area contributed by atoms with Gasteiger partial charge in [0, 0.05) is 19.5 Å². The van der Waals surface area contributed by atoms with Crippen LogP contribution in [0, 0.1) is 5.92 Å². The van der Waals surface area contributed by atoms with Gasteiger partial charge in [0.1, 0.15) is 0 Å². The van der Waals surface area contributed by atoms with Crippen LogP contribution in [0.15, 0.2) is 0 Å². The van der Waals surface area contributed by atoms with Gasteiger partial charge in [-0.15, -0.1) is 0 Å². The topological polar surface area (TPSA) is 83.9 Å². The molecule has 1 fully saturated rings. The van der Waals surface area contributed by atoms with E-state index in [1.165, 1.54) is 12.0 Å². The number of nitrogens with zero attached hydrogens (tertiary/aromatic N) is 1. The molecule has 1 saturated heterocycles. The molecule has 1 rings (SSSR count). The van der Waals surface area contributed by atoms with Crippen molar-refractivity contribution >= 4 is 17.8 Å². The van der Waals surface area contributed by atoms with Gasteiger partial charge >= 0.3 is 11.9 Å². The number of likely N-dealkylation sites (tertiary alicyclic amines) is 1. The zero-order valence-electron chi connectivity index (χ0n) is 8.43. The third-order valence-electron chi connectivity index (χ3n) is 2.38. The standard InChI is InChI=1S/C9H13NO5/c1-15-8(12)2-3-10-5-6(9(13)14)4-7(10)11/h6H,2-5H2,1H3,(H,13,14). The number of ether oxygens (including phenoxy) is 1. The highest BCUT2D eigenvalue weighted by Gasteiger charge is 2.34. The van der Waals surface area contributed by atoms with E-state index >= 15 is 0 Å². The third-order valence-corrected chi connectivity index (χ3v) is 2.38. The van der Waals surface area contributed by atoms with Crippen molar-refractivity contribution in [3.63, 3.8) is 0 Å². The average molecular weight is 215 g/mol. The fraction of sp³-hybridized carbons (Fsp3) is 0.667. The summed E-state index contributed by atoms with van der Waals surface area (Å²) < 4.78 is 4.43. The van der Waals surface area contributed by atoms with Crippen LogP contribution >= 0.6 is 0 Å². The number of aliphatic carboxylic acids is 1. The van der Waals surface area contributed by atoms with Gasteiger partial charge in [0.05, 0.1) is 19.4 Å². The van der Waals surface area contributed by atoms with Gasteiger partial charge in [-0.3, -0.25) is 14.4 Å². The molecular formula is C9H13NO5. The summed E-state index contributed by atoms with van der Waals surface area (Å²) in [5.74, 6) is -2.23. The van der Waals surface area contributed by atoms with Crippen LogP contribution in [-0.4, -0.2) is 48.1 Å². The van der Waals surface area contributed by atoms with Crippen LogP contribution in [0.25, 0.3) is 0 Å². The van der Waals surface area contributed by atoms with Gasteiger partial charge in [0.2, 0.25) is 5.91 Å². The summed E-state index contributed by atoms with van der Waals surface area (Å²) in [6.07, 6.45) is 0.130. The number of hydrogen-bond acceptors (Lipinski definition) is 4. The molecule has 1 N–H and O–H groups in total. The van der Waals surface area contributed by atoms with Gasteiger partial charge in [-0.1, -0.05) is 0 Å². The minimum atomic E-state index is -0.969. The molecule has 0 aromatic carbocycles. The summed E-state index contributed by atoms with van der Waals surface area (Å²) in [6.45, 7) is 0.417. The number of rotatable bonds is 4. The fourth-order valence-corrected chi connectivity index (χ4v) is 1.48. The number of amides is 1. The van der Waals surface area contributed by atoms with Crippen molar-refractivity contribution < 1.29 is 24.2 Å². The molecule has 1 amide bonds. The summed E-state index contributed by atoms with van der Waals surface area (Å²) in [4.78, 5) is 34.1. The lowest BCUT2D eigenvalue weighted by atomic mass is 10.1. The lowest BCUT2D eigenvalue weighted by Crippen LogP contribution is -2.28. The molecule has 1 unspecified atom stereocenters. The summed E-state index contributed by atoms with van der Waals surface area (Å²) in [7, 11) is 1.27. The Bertz CT molecular complexity index is 288. The van der Waals surface area contributed by atoms with Crippen molar-refractivity contribution in [2.45, 2.75) is 12.8 Å². The van der Waals surface area contributed by atoms with Crippen molar-refractivity contribution in [1.29, 1.82) is 0 Å². The van der Waals surface area contributed by atoms with Gasteiger partial charge < -0.3 is 14.7 Å². The van der Waals surface area contributed by atoms with E-state index in [0.717, 1.165) is 0 Å². The maximum absolute atomic E-state index is 11.3. The van der Waals surface area contributed by atoms with E-state index < -0.39 is 17.9 Å². The minimum absolute atomic E-state index is 0.0243. The van der Waals surface area contributed by atoms with E-state index in [2.05, 4.69) is 4.74 Å². The summed E-state index contributed by atoms with van der Waals surface area (Å²) in [6, 6.07) is 0. The van der Waals surface area contributed by atoms with Crippen LogP contribution in [0.3, 0.4) is 0 Å². The van der Waals surface area contributed by atoms with Crippen molar-refractivity contribution in [3.8, 4) is 0 Å². The second-order valence-electron chi connectivity index (χ2n) is 3.41. The highest BCUT2D eigenvalue weighted by molar-refractivity contribution is 5.86. The molecule has 0 bridgehead atoms. The third kappa shape index (κ3) is 2.93. The molecule has 1 aliphatic rings. The van der Waals surface area contributed by atoms with E-state index in [4.69, 9.17) is 5.11 Å². The molecule has 0 spiro atoms. The Morgan fingerprint density at radius 3 is 2.73 bits per heavy atom. The van der Waals surface area contributed by atoms with Gasteiger partial charge in [0.15, 0.2) is 0 Å². The normalized spacial score (nSPS) is 20.5. The Balaban J connectivity index is 2.41. The van der Waals surface area contributed by atoms with Crippen molar-refractivity contribution in [2.24, 2.45) is 5.92 Å². The predicted octanol–water partition coefficient (Wildman–Crippen LogP) is -0.517. The van der Waals surface area contributed by atoms with Crippen LogP contribution in [0.1, 0.15) is 12.8 Å². The van der Waals surface area contributed by atoms with Gasteiger partial charge in [0.25, 0.3) is 0 Å². The fourth-order valence-electron chi connectivity index (χ4n) is 1.48. The molecule has 0 aliphatic carbocycles.